The quantitative estimate of drug-likeness (QED) is 0.0178. The van der Waals surface area contributed by atoms with Crippen molar-refractivity contribution < 1.29 is 153 Å². The fraction of sp³-hybridized carbons (Fsp3) is 0.453. The normalized spacial score (nSPS) is 18.6. The highest BCUT2D eigenvalue weighted by Gasteiger charge is 2.48. The number of amides is 16. The van der Waals surface area contributed by atoms with Gasteiger partial charge in [-0.25, -0.2) is 36.0 Å². The van der Waals surface area contributed by atoms with Gasteiger partial charge in [-0.15, -0.1) is 0 Å². The lowest BCUT2D eigenvalue weighted by Gasteiger charge is -2.33. The summed E-state index contributed by atoms with van der Waals surface area (Å²) in [4.78, 5) is 212. The van der Waals surface area contributed by atoms with Crippen LogP contribution in [0.2, 0.25) is 33.3 Å². The van der Waals surface area contributed by atoms with E-state index in [0.29, 0.717) is 86.2 Å². The van der Waals surface area contributed by atoms with Crippen LogP contribution in [0.1, 0.15) is 140 Å². The van der Waals surface area contributed by atoms with Gasteiger partial charge in [0, 0.05) is 157 Å². The summed E-state index contributed by atoms with van der Waals surface area (Å²) in [5, 5.41) is 91.4. The molecule has 147 heavy (non-hydrogen) atoms. The minimum absolute atomic E-state index is 0.0313. The summed E-state index contributed by atoms with van der Waals surface area (Å²) >= 11 is 12.5. The molecule has 4 fully saturated rings. The topological polar surface area (TPSA) is 614 Å². The molecule has 8 atom stereocenters. The second kappa shape index (κ2) is 49.4. The van der Waals surface area contributed by atoms with E-state index in [-0.39, 0.29) is 124 Å². The zero-order valence-electron chi connectivity index (χ0n) is 82.4. The number of phenols is 4. The lowest BCUT2D eigenvalue weighted by atomic mass is 9.64. The number of aryl methyl sites for hydroxylation is 4. The number of rotatable bonds is 29. The number of nitrogens with one attached hydrogen (secondary N) is 4. The third-order valence-electron chi connectivity index (χ3n) is 26.3. The summed E-state index contributed by atoms with van der Waals surface area (Å²) in [5.74, 6) is -12.9. The molecule has 12 N–H and O–H groups in total. The van der Waals surface area contributed by atoms with Crippen LogP contribution in [0.15, 0.2) is 97.1 Å². The van der Waals surface area contributed by atoms with Gasteiger partial charge in [0.25, 0.3) is 0 Å². The Balaban J connectivity index is 0.000000187. The second-order valence-electron chi connectivity index (χ2n) is 36.9. The highest BCUT2D eigenvalue weighted by Crippen LogP contribution is 2.45. The van der Waals surface area contributed by atoms with E-state index in [4.69, 9.17) is 41.8 Å². The average molecular weight is 2120 g/mol. The number of halogens is 2. The monoisotopic (exact) mass is 2110 g/mol. The highest BCUT2D eigenvalue weighted by molar-refractivity contribution is 7.90. The molecule has 16 amide bonds. The Morgan fingerprint density at radius 3 is 0.973 bits per heavy atom. The molecule has 0 spiro atoms. The molecule has 786 valence electrons. The van der Waals surface area contributed by atoms with Gasteiger partial charge in [0.05, 0.1) is 33.6 Å². The predicted molar refractivity (Wildman–Crippen MR) is 533 cm³/mol. The summed E-state index contributed by atoms with van der Waals surface area (Å²) in [5.41, 5.74) is 6.62. The maximum absolute atomic E-state index is 13.6. The molecule has 52 heteroatoms. The highest BCUT2D eigenvalue weighted by atomic mass is 35.5. The Kier molecular flexibility index (Phi) is 38.3. The number of likely N-dealkylation sites (N-methyl/N-ethyl adjacent to an activating group) is 3. The van der Waals surface area contributed by atoms with E-state index in [2.05, 4.69) is 21.3 Å². The Morgan fingerprint density at radius 2 is 0.667 bits per heavy atom. The summed E-state index contributed by atoms with van der Waals surface area (Å²) in [6.45, 7) is 16.1. The molecule has 6 aromatic carbocycles. The second-order valence-corrected chi connectivity index (χ2v) is 42.2. The first-order chi connectivity index (χ1) is 69.4. The number of imide groups is 4. The van der Waals surface area contributed by atoms with Crippen LogP contribution in [0, 0.1) is 27.7 Å². The van der Waals surface area contributed by atoms with Gasteiger partial charge in [-0.1, -0.05) is 109 Å². The number of fused-ring (bicyclic) bond motifs is 4. The van der Waals surface area contributed by atoms with E-state index in [1.165, 1.54) is 25.7 Å². The first-order valence-corrected chi connectivity index (χ1v) is 52.5. The third kappa shape index (κ3) is 27.9. The molecule has 0 aliphatic carbocycles. The molecule has 14 rings (SSSR count). The van der Waals surface area contributed by atoms with Crippen LogP contribution < -0.4 is 39.9 Å². The molecule has 8 heterocycles. The molecule has 0 saturated carbocycles. The lowest BCUT2D eigenvalue weighted by molar-refractivity contribution is -0.153. The first kappa shape index (κ1) is 114. The largest absolute Gasteiger partial charge is 0.536 e. The molecule has 4 saturated heterocycles. The standard InChI is InChI=1S/C26H29BClN3O8.C25H27BClN3O8.2C22H30BN3O8S/c1-3-9-30-10-11-31(25(36)24(30)35)26(37)29-21(17-7-8-18(32)22(34)20(17)28)19(33)13-16-12-15-6-4-5-14(2)23(15)39-27(16)38;1-3-29-7-8-30(24(35)23(29)34)25(36)28-21(16-11-18(31)19(32)12-17(16)27)20(33)10-15-9-14-6-4-5-13(2)22(14)38-26(15)37;2*1-4-25-9-10-26(21(29)20(25)28)22(30)24-17(8-11-35(3,32)33)18(27)13-16-12-15-7-5-6-14(2)19(15)34-23(16)31/h4-8,16,21,32,34,38H,3,9-13H2,1-2H3,(H,29,37);4-6,11-12,15,21,31-32,37H,3,7-10H2,1-2H3,(H,28,36);2*5-7,16-17,31H,4,8-13H2,1-3H3,(H,24,30)/t16-,21?;15-,21?;16-,17?;16-,17+/m1111/s1. The summed E-state index contributed by atoms with van der Waals surface area (Å²) in [6.07, 6.45) is 2.76. The molecule has 44 nitrogen and oxygen atoms in total. The molecule has 6 aromatic rings. The number of carbonyl (C=O) groups excluding carboxylic acids is 16. The predicted octanol–water partition coefficient (Wildman–Crippen LogP) is 4.17. The van der Waals surface area contributed by atoms with Crippen LogP contribution in [-0.4, -0.2) is 334 Å². The Bertz CT molecular complexity index is 6200. The van der Waals surface area contributed by atoms with E-state index < -0.39 is 213 Å². The van der Waals surface area contributed by atoms with Gasteiger partial charge in [0.2, 0.25) is 0 Å². The Morgan fingerprint density at radius 1 is 0.381 bits per heavy atom. The Hall–Kier alpha value is -13.4. The van der Waals surface area contributed by atoms with E-state index >= 15 is 0 Å². The van der Waals surface area contributed by atoms with Gasteiger partial charge < -0.3 is 100 Å². The molecule has 0 bridgehead atoms. The number of phenolic OH excluding ortho intramolecular Hbond substituents is 4. The minimum Gasteiger partial charge on any atom is -0.536 e. The Labute approximate surface area is 858 Å². The number of benzene rings is 6. The van der Waals surface area contributed by atoms with Crippen molar-refractivity contribution in [1.82, 2.24) is 60.5 Å². The number of sulfone groups is 2. The number of piperazine rings is 4. The molecular weight excluding hydrogens is 2000 g/mol. The van der Waals surface area contributed by atoms with E-state index in [1.807, 2.05) is 107 Å². The van der Waals surface area contributed by atoms with Crippen LogP contribution >= 0.6 is 23.2 Å². The van der Waals surface area contributed by atoms with Crippen molar-refractivity contribution in [3.8, 4) is 46.0 Å². The number of carbonyl (C=O) groups is 16. The molecule has 3 unspecified atom stereocenters. The minimum atomic E-state index is -3.45. The fourth-order valence-corrected chi connectivity index (χ4v) is 19.9. The van der Waals surface area contributed by atoms with Gasteiger partial charge in [-0.05, 0) is 150 Å². The van der Waals surface area contributed by atoms with E-state index in [9.17, 15) is 134 Å². The number of aromatic hydroxyl groups is 4. The van der Waals surface area contributed by atoms with Crippen molar-refractivity contribution in [3.63, 3.8) is 0 Å². The van der Waals surface area contributed by atoms with Crippen molar-refractivity contribution in [2.45, 2.75) is 173 Å². The smallest absolute Gasteiger partial charge is 0.526 e. The number of nitrogens with zero attached hydrogens (tertiary/aromatic N) is 8. The van der Waals surface area contributed by atoms with Crippen molar-refractivity contribution >= 4 is 166 Å². The molecule has 8 aliphatic heterocycles. The molecule has 0 radical (unpaired) electrons. The van der Waals surface area contributed by atoms with Gasteiger partial charge >= 0.3 is 99.9 Å². The van der Waals surface area contributed by atoms with E-state index in [0.717, 1.165) is 89.9 Å². The van der Waals surface area contributed by atoms with Crippen molar-refractivity contribution in [1.29, 1.82) is 0 Å². The molecule has 0 aromatic heterocycles. The van der Waals surface area contributed by atoms with Gasteiger partial charge in [-0.3, -0.25) is 77.1 Å². The SMILES string of the molecule is CCCN1CCN(C(=O)NC(C(=O)C[C@H]2Cc3cccc(C)c3OB2O)c2ccc(O)c(O)c2Cl)C(=O)C1=O.CCN1CCN(C(=O)NC(C(=O)C[C@H]2Cc3cccc(C)c3OB2O)c2cc(O)c(O)cc2Cl)C(=O)C1=O.CCN1CCN(C(=O)NC(CCS(C)(=O)=O)C(=O)C[C@H]2Cc3cccc(C)c3OB2O)C(=O)C1=O.CCN1CCN(C(=O)N[C@@H](CCS(C)(=O)=O)C(=O)C[C@H]2Cc3cccc(C)c3OB2O)C(=O)C1=O. The average Bonchev–Trinajstić information content (AvgIpc) is 0.795. The van der Waals surface area contributed by atoms with Crippen LogP contribution in [0.4, 0.5) is 19.2 Å². The van der Waals surface area contributed by atoms with Gasteiger partial charge in [0.1, 0.15) is 54.8 Å². The number of hydrogen-bond acceptors (Lipinski definition) is 32. The number of urea groups is 4. The number of hydrogen-bond donors (Lipinski definition) is 12. The zero-order chi connectivity index (χ0) is 108. The van der Waals surface area contributed by atoms with Crippen molar-refractivity contribution in [2.75, 3.05) is 103 Å². The zero-order valence-corrected chi connectivity index (χ0v) is 85.5. The van der Waals surface area contributed by atoms with Crippen LogP contribution in [0.5, 0.6) is 46.0 Å². The van der Waals surface area contributed by atoms with Crippen molar-refractivity contribution in [3.05, 3.63) is 163 Å². The van der Waals surface area contributed by atoms with Crippen LogP contribution in [-0.2, 0) is 103 Å². The van der Waals surface area contributed by atoms with Crippen molar-refractivity contribution in [2.24, 2.45) is 0 Å². The van der Waals surface area contributed by atoms with Crippen LogP contribution in [0.3, 0.4) is 0 Å². The maximum atomic E-state index is 13.6. The van der Waals surface area contributed by atoms with E-state index in [1.54, 1.807) is 20.8 Å². The van der Waals surface area contributed by atoms with Gasteiger partial charge in [0.15, 0.2) is 46.1 Å². The van der Waals surface area contributed by atoms with Gasteiger partial charge in [-0.2, -0.15) is 0 Å². The lowest BCUT2D eigenvalue weighted by Crippen LogP contribution is -2.59. The summed E-state index contributed by atoms with van der Waals surface area (Å²) in [7, 11) is -12.0. The number of Topliss-reactive ketones (excluding diaryl/α,β-unsaturated/α-hetero) is 4. The third-order valence-corrected chi connectivity index (χ3v) is 29.0. The van der Waals surface area contributed by atoms with Crippen LogP contribution in [0.25, 0.3) is 0 Å². The maximum Gasteiger partial charge on any atom is 0.526 e. The summed E-state index contributed by atoms with van der Waals surface area (Å²) in [6, 6.07) is 17.3. The molecular formula is C95H116B4Cl2N12O32S2. The summed E-state index contributed by atoms with van der Waals surface area (Å²) < 4.78 is 69.5. The number of ketones is 4. The molecule has 8 aliphatic rings. The first-order valence-electron chi connectivity index (χ1n) is 47.6. The fourth-order valence-electron chi connectivity index (χ4n) is 18.1. The number of para-hydroxylation sites is 4.